The number of nitrogens with two attached hydrogens (primary N) is 1. The van der Waals surface area contributed by atoms with Crippen LogP contribution in [0.25, 0.3) is 0 Å². The summed E-state index contributed by atoms with van der Waals surface area (Å²) in [7, 11) is -2.85. The van der Waals surface area contributed by atoms with Crippen molar-refractivity contribution in [1.82, 2.24) is 5.43 Å². The van der Waals surface area contributed by atoms with Gasteiger partial charge in [0.15, 0.2) is 0 Å². The SMILES string of the molecule is CS(=O)(=O)CCC(NN)C1C2CCCC21. The third kappa shape index (κ3) is 2.52. The predicted molar refractivity (Wildman–Crippen MR) is 59.8 cm³/mol. The molecule has 88 valence electrons. The van der Waals surface area contributed by atoms with Gasteiger partial charge in [-0.15, -0.1) is 0 Å². The zero-order valence-corrected chi connectivity index (χ0v) is 9.96. The summed E-state index contributed by atoms with van der Waals surface area (Å²) in [6, 6.07) is 0.204. The molecule has 2 aliphatic carbocycles. The molecule has 0 radical (unpaired) electrons. The van der Waals surface area contributed by atoms with E-state index in [4.69, 9.17) is 5.84 Å². The summed E-state index contributed by atoms with van der Waals surface area (Å²) < 4.78 is 22.1. The van der Waals surface area contributed by atoms with Crippen molar-refractivity contribution in [2.75, 3.05) is 12.0 Å². The summed E-state index contributed by atoms with van der Waals surface area (Å²) in [4.78, 5) is 0. The van der Waals surface area contributed by atoms with Crippen LogP contribution in [0.15, 0.2) is 0 Å². The fraction of sp³-hybridized carbons (Fsp3) is 1.00. The van der Waals surface area contributed by atoms with Gasteiger partial charge >= 0.3 is 0 Å². The molecule has 0 bridgehead atoms. The molecule has 2 saturated carbocycles. The Hall–Kier alpha value is -0.130. The first-order valence-electron chi connectivity index (χ1n) is 5.67. The molecule has 15 heavy (non-hydrogen) atoms. The first kappa shape index (κ1) is 11.4. The van der Waals surface area contributed by atoms with Crippen molar-refractivity contribution in [3.05, 3.63) is 0 Å². The minimum Gasteiger partial charge on any atom is -0.271 e. The number of hydrazine groups is 1. The summed E-state index contributed by atoms with van der Waals surface area (Å²) in [6.45, 7) is 0. The second kappa shape index (κ2) is 4.03. The van der Waals surface area contributed by atoms with Gasteiger partial charge < -0.3 is 0 Å². The van der Waals surface area contributed by atoms with E-state index in [1.54, 1.807) is 0 Å². The average Bonchev–Trinajstić information content (AvgIpc) is 2.62. The first-order chi connectivity index (χ1) is 7.03. The highest BCUT2D eigenvalue weighted by Gasteiger charge is 2.55. The van der Waals surface area contributed by atoms with E-state index in [1.165, 1.54) is 25.5 Å². The maximum absolute atomic E-state index is 11.1. The van der Waals surface area contributed by atoms with Crippen LogP contribution >= 0.6 is 0 Å². The largest absolute Gasteiger partial charge is 0.271 e. The van der Waals surface area contributed by atoms with Crippen molar-refractivity contribution in [2.24, 2.45) is 23.6 Å². The van der Waals surface area contributed by atoms with Crippen LogP contribution in [-0.2, 0) is 9.84 Å². The summed E-state index contributed by atoms with van der Waals surface area (Å²) in [5.74, 6) is 8.04. The fourth-order valence-corrected chi connectivity index (χ4v) is 3.88. The third-order valence-electron chi connectivity index (χ3n) is 3.95. The summed E-state index contributed by atoms with van der Waals surface area (Å²) in [5, 5.41) is 0. The van der Waals surface area contributed by atoms with E-state index in [2.05, 4.69) is 5.43 Å². The molecule has 0 saturated heterocycles. The van der Waals surface area contributed by atoms with Crippen LogP contribution in [0.1, 0.15) is 25.7 Å². The molecule has 0 spiro atoms. The molecule has 2 fully saturated rings. The zero-order chi connectivity index (χ0) is 11.1. The Morgan fingerprint density at radius 2 is 2.00 bits per heavy atom. The van der Waals surface area contributed by atoms with E-state index in [-0.39, 0.29) is 11.8 Å². The lowest BCUT2D eigenvalue weighted by Gasteiger charge is -2.17. The topological polar surface area (TPSA) is 72.2 Å². The van der Waals surface area contributed by atoms with E-state index >= 15 is 0 Å². The minimum absolute atomic E-state index is 0.204. The molecule has 3 unspecified atom stereocenters. The standard InChI is InChI=1S/C10H20N2O2S/c1-15(13,14)6-5-9(12-11)10-7-3-2-4-8(7)10/h7-10,12H,2-6,11H2,1H3. The molecular weight excluding hydrogens is 212 g/mol. The number of hydrogen-bond acceptors (Lipinski definition) is 4. The van der Waals surface area contributed by atoms with Crippen LogP contribution in [0.4, 0.5) is 0 Å². The number of sulfone groups is 1. The summed E-state index contributed by atoms with van der Waals surface area (Å²) in [6.07, 6.45) is 5.91. The van der Waals surface area contributed by atoms with Gasteiger partial charge in [0.1, 0.15) is 9.84 Å². The number of hydrogen-bond donors (Lipinski definition) is 2. The highest BCUT2D eigenvalue weighted by atomic mass is 32.2. The molecule has 0 aromatic rings. The highest BCUT2D eigenvalue weighted by molar-refractivity contribution is 7.90. The van der Waals surface area contributed by atoms with Crippen molar-refractivity contribution in [3.63, 3.8) is 0 Å². The third-order valence-corrected chi connectivity index (χ3v) is 4.93. The molecule has 3 atom stereocenters. The molecule has 0 heterocycles. The van der Waals surface area contributed by atoms with Gasteiger partial charge in [0.25, 0.3) is 0 Å². The lowest BCUT2D eigenvalue weighted by molar-refractivity contribution is 0.402. The second-order valence-corrected chi connectivity index (χ2v) is 7.29. The maximum Gasteiger partial charge on any atom is 0.147 e. The van der Waals surface area contributed by atoms with Gasteiger partial charge in [-0.3, -0.25) is 11.3 Å². The number of fused-ring (bicyclic) bond motifs is 1. The molecule has 2 rings (SSSR count). The molecule has 3 N–H and O–H groups in total. The van der Waals surface area contributed by atoms with Gasteiger partial charge in [-0.2, -0.15) is 0 Å². The highest BCUT2D eigenvalue weighted by Crippen LogP contribution is 2.59. The Balaban J connectivity index is 1.84. The van der Waals surface area contributed by atoms with Gasteiger partial charge in [0, 0.05) is 12.3 Å². The minimum atomic E-state index is -2.85. The van der Waals surface area contributed by atoms with Crippen LogP contribution in [0.2, 0.25) is 0 Å². The molecule has 0 aromatic carbocycles. The smallest absolute Gasteiger partial charge is 0.147 e. The number of nitrogens with one attached hydrogen (secondary N) is 1. The van der Waals surface area contributed by atoms with E-state index in [9.17, 15) is 8.42 Å². The lowest BCUT2D eigenvalue weighted by Crippen LogP contribution is -2.39. The van der Waals surface area contributed by atoms with Gasteiger partial charge in [-0.1, -0.05) is 6.42 Å². The zero-order valence-electron chi connectivity index (χ0n) is 9.15. The number of rotatable bonds is 5. The molecule has 0 aromatic heterocycles. The van der Waals surface area contributed by atoms with Crippen LogP contribution in [0.5, 0.6) is 0 Å². The quantitative estimate of drug-likeness (QED) is 0.528. The Bertz CT molecular complexity index is 318. The van der Waals surface area contributed by atoms with Crippen LogP contribution in [0.3, 0.4) is 0 Å². The molecule has 2 aliphatic rings. The average molecular weight is 232 g/mol. The van der Waals surface area contributed by atoms with Crippen LogP contribution in [0, 0.1) is 17.8 Å². The van der Waals surface area contributed by atoms with Gasteiger partial charge in [-0.05, 0) is 37.0 Å². The summed E-state index contributed by atoms with van der Waals surface area (Å²) in [5.41, 5.74) is 2.80. The van der Waals surface area contributed by atoms with E-state index < -0.39 is 9.84 Å². The Morgan fingerprint density at radius 1 is 1.40 bits per heavy atom. The normalized spacial score (nSPS) is 36.3. The fourth-order valence-electron chi connectivity index (χ4n) is 3.20. The molecule has 5 heteroatoms. The van der Waals surface area contributed by atoms with Crippen molar-refractivity contribution in [2.45, 2.75) is 31.7 Å². The maximum atomic E-state index is 11.1. The monoisotopic (exact) mass is 232 g/mol. The lowest BCUT2D eigenvalue weighted by atomic mass is 10.0. The van der Waals surface area contributed by atoms with Crippen LogP contribution in [-0.4, -0.2) is 26.5 Å². The molecule has 0 amide bonds. The predicted octanol–water partition coefficient (Wildman–Crippen LogP) is 0.299. The van der Waals surface area contributed by atoms with Crippen molar-refractivity contribution in [3.8, 4) is 0 Å². The Kier molecular flexibility index (Phi) is 3.05. The summed E-state index contributed by atoms with van der Waals surface area (Å²) >= 11 is 0. The second-order valence-electron chi connectivity index (χ2n) is 5.03. The van der Waals surface area contributed by atoms with Crippen molar-refractivity contribution < 1.29 is 8.42 Å². The molecular formula is C10H20N2O2S. The van der Waals surface area contributed by atoms with Crippen molar-refractivity contribution >= 4 is 9.84 Å². The molecule has 4 nitrogen and oxygen atoms in total. The first-order valence-corrected chi connectivity index (χ1v) is 7.73. The van der Waals surface area contributed by atoms with E-state index in [0.29, 0.717) is 12.3 Å². The van der Waals surface area contributed by atoms with E-state index in [1.807, 2.05) is 0 Å². The van der Waals surface area contributed by atoms with E-state index in [0.717, 1.165) is 11.8 Å². The Labute approximate surface area is 91.5 Å². The van der Waals surface area contributed by atoms with Gasteiger partial charge in [0.2, 0.25) is 0 Å². The van der Waals surface area contributed by atoms with Crippen molar-refractivity contribution in [1.29, 1.82) is 0 Å². The van der Waals surface area contributed by atoms with Crippen LogP contribution < -0.4 is 11.3 Å². The van der Waals surface area contributed by atoms with Gasteiger partial charge in [0.05, 0.1) is 5.75 Å². The molecule has 0 aliphatic heterocycles. The van der Waals surface area contributed by atoms with Gasteiger partial charge in [-0.25, -0.2) is 8.42 Å². The Morgan fingerprint density at radius 3 is 2.47 bits per heavy atom.